The summed E-state index contributed by atoms with van der Waals surface area (Å²) in [5.41, 5.74) is 3.74. The number of carbonyl (C=O) groups is 1. The third kappa shape index (κ3) is 5.69. The largest absolute Gasteiger partial charge is 0.497 e. The molecule has 0 fully saturated rings. The predicted molar refractivity (Wildman–Crippen MR) is 124 cm³/mol. The van der Waals surface area contributed by atoms with E-state index in [4.69, 9.17) is 14.2 Å². The van der Waals surface area contributed by atoms with Gasteiger partial charge in [-0.05, 0) is 68.8 Å². The van der Waals surface area contributed by atoms with Crippen LogP contribution in [0.1, 0.15) is 18.1 Å². The summed E-state index contributed by atoms with van der Waals surface area (Å²) in [5, 5.41) is 6.20. The Bertz CT molecular complexity index is 1050. The number of ether oxygens (including phenoxy) is 3. The van der Waals surface area contributed by atoms with Crippen molar-refractivity contribution in [2.24, 2.45) is 0 Å². The zero-order valence-electron chi connectivity index (χ0n) is 18.5. The predicted octanol–water partition coefficient (Wildman–Crippen LogP) is 5.55. The molecule has 0 aliphatic heterocycles. The van der Waals surface area contributed by atoms with E-state index >= 15 is 0 Å². The van der Waals surface area contributed by atoms with Crippen LogP contribution in [0.3, 0.4) is 0 Å². The molecule has 2 N–H and O–H groups in total. The molecule has 0 spiro atoms. The minimum absolute atomic E-state index is 0.125. The molecule has 162 valence electrons. The third-order valence-corrected chi connectivity index (χ3v) is 4.87. The van der Waals surface area contributed by atoms with Gasteiger partial charge in [0.25, 0.3) is 0 Å². The lowest BCUT2D eigenvalue weighted by molar-refractivity contribution is -0.116. The summed E-state index contributed by atoms with van der Waals surface area (Å²) in [7, 11) is 3.20. The average molecular weight is 421 g/mol. The second-order valence-electron chi connectivity index (χ2n) is 7.32. The molecule has 0 aliphatic carbocycles. The summed E-state index contributed by atoms with van der Waals surface area (Å²) < 4.78 is 16.6. The van der Waals surface area contributed by atoms with Crippen molar-refractivity contribution in [2.75, 3.05) is 24.9 Å². The number of nitrogens with one attached hydrogen (secondary N) is 2. The molecule has 6 nitrogen and oxygen atoms in total. The Morgan fingerprint density at radius 3 is 2.19 bits per heavy atom. The smallest absolute Gasteiger partial charge is 0.246 e. The Morgan fingerprint density at radius 2 is 1.55 bits per heavy atom. The molecule has 3 rings (SSSR count). The fraction of sp³-hybridized carbons (Fsp3) is 0.240. The number of aryl methyl sites for hydroxylation is 2. The maximum absolute atomic E-state index is 12.7. The highest BCUT2D eigenvalue weighted by atomic mass is 16.5. The van der Waals surface area contributed by atoms with Crippen molar-refractivity contribution in [3.63, 3.8) is 0 Å². The van der Waals surface area contributed by atoms with Crippen molar-refractivity contribution in [1.82, 2.24) is 0 Å². The van der Waals surface area contributed by atoms with Crippen LogP contribution in [0.4, 0.5) is 11.4 Å². The van der Waals surface area contributed by atoms with Crippen LogP contribution in [0.25, 0.3) is 0 Å². The molecule has 3 aromatic carbocycles. The first-order valence-electron chi connectivity index (χ1n) is 10.0. The lowest BCUT2D eigenvalue weighted by Gasteiger charge is -2.18. The summed E-state index contributed by atoms with van der Waals surface area (Å²) in [6.07, 6.45) is 0. The van der Waals surface area contributed by atoms with E-state index < -0.39 is 6.04 Å². The molecule has 1 unspecified atom stereocenters. The lowest BCUT2D eigenvalue weighted by atomic mass is 10.1. The zero-order valence-corrected chi connectivity index (χ0v) is 18.5. The van der Waals surface area contributed by atoms with Gasteiger partial charge >= 0.3 is 0 Å². The minimum Gasteiger partial charge on any atom is -0.497 e. The first-order chi connectivity index (χ1) is 14.9. The van der Waals surface area contributed by atoms with Gasteiger partial charge in [0.1, 0.15) is 17.5 Å². The van der Waals surface area contributed by atoms with E-state index in [0.29, 0.717) is 17.2 Å². The summed E-state index contributed by atoms with van der Waals surface area (Å²) >= 11 is 0. The SMILES string of the molecule is COc1ccc(Oc2cc(NC(C)C(=O)Nc3ccc(C)cc3C)ccc2OC)cc1. The van der Waals surface area contributed by atoms with Gasteiger partial charge in [-0.2, -0.15) is 0 Å². The van der Waals surface area contributed by atoms with Crippen molar-refractivity contribution >= 4 is 17.3 Å². The Morgan fingerprint density at radius 1 is 0.839 bits per heavy atom. The van der Waals surface area contributed by atoms with Crippen LogP contribution in [0.15, 0.2) is 60.7 Å². The van der Waals surface area contributed by atoms with Crippen LogP contribution in [0, 0.1) is 13.8 Å². The Hall–Kier alpha value is -3.67. The number of hydrogen-bond acceptors (Lipinski definition) is 5. The third-order valence-electron chi connectivity index (χ3n) is 4.87. The fourth-order valence-electron chi connectivity index (χ4n) is 3.13. The maximum Gasteiger partial charge on any atom is 0.246 e. The van der Waals surface area contributed by atoms with E-state index in [9.17, 15) is 4.79 Å². The monoisotopic (exact) mass is 420 g/mol. The van der Waals surface area contributed by atoms with Crippen molar-refractivity contribution in [2.45, 2.75) is 26.8 Å². The van der Waals surface area contributed by atoms with Gasteiger partial charge in [-0.15, -0.1) is 0 Å². The highest BCUT2D eigenvalue weighted by Gasteiger charge is 2.15. The van der Waals surface area contributed by atoms with E-state index in [0.717, 1.165) is 28.3 Å². The van der Waals surface area contributed by atoms with E-state index in [1.807, 2.05) is 75.4 Å². The van der Waals surface area contributed by atoms with Gasteiger partial charge in [-0.25, -0.2) is 0 Å². The van der Waals surface area contributed by atoms with E-state index in [1.165, 1.54) is 0 Å². The normalized spacial score (nSPS) is 11.4. The molecule has 0 saturated carbocycles. The van der Waals surface area contributed by atoms with Crippen molar-refractivity contribution in [1.29, 1.82) is 0 Å². The number of methoxy groups -OCH3 is 2. The number of anilines is 2. The van der Waals surface area contributed by atoms with Gasteiger partial charge in [0.2, 0.25) is 5.91 Å². The number of benzene rings is 3. The molecule has 0 aliphatic rings. The van der Waals surface area contributed by atoms with E-state index in [1.54, 1.807) is 20.3 Å². The second kappa shape index (κ2) is 9.89. The molecule has 1 atom stereocenters. The van der Waals surface area contributed by atoms with Crippen LogP contribution in [-0.4, -0.2) is 26.2 Å². The second-order valence-corrected chi connectivity index (χ2v) is 7.32. The van der Waals surface area contributed by atoms with Gasteiger partial charge in [0.15, 0.2) is 11.5 Å². The Labute approximate surface area is 183 Å². The van der Waals surface area contributed by atoms with Crippen molar-refractivity contribution < 1.29 is 19.0 Å². The van der Waals surface area contributed by atoms with Gasteiger partial charge in [0.05, 0.1) is 14.2 Å². The fourth-order valence-corrected chi connectivity index (χ4v) is 3.13. The standard InChI is InChI=1S/C25H28N2O4/c1-16-6-12-22(17(2)14-16)27-25(28)18(3)26-19-7-13-23(30-5)24(15-19)31-21-10-8-20(29-4)9-11-21/h6-15,18,26H,1-5H3,(H,27,28). The molecule has 0 saturated heterocycles. The lowest BCUT2D eigenvalue weighted by Crippen LogP contribution is -2.32. The topological polar surface area (TPSA) is 68.8 Å². The van der Waals surface area contributed by atoms with Crippen LogP contribution < -0.4 is 24.8 Å². The summed E-state index contributed by atoms with van der Waals surface area (Å²) in [6.45, 7) is 5.82. The molecule has 1 amide bonds. The quantitative estimate of drug-likeness (QED) is 0.500. The number of rotatable bonds is 8. The highest BCUT2D eigenvalue weighted by Crippen LogP contribution is 2.34. The molecule has 0 aromatic heterocycles. The summed E-state index contributed by atoms with van der Waals surface area (Å²) in [5.74, 6) is 2.41. The van der Waals surface area contributed by atoms with Crippen LogP contribution >= 0.6 is 0 Å². The van der Waals surface area contributed by atoms with Crippen LogP contribution in [-0.2, 0) is 4.79 Å². The molecule has 0 bridgehead atoms. The number of hydrogen-bond donors (Lipinski definition) is 2. The molecule has 3 aromatic rings. The van der Waals surface area contributed by atoms with Crippen molar-refractivity contribution in [3.8, 4) is 23.0 Å². The first-order valence-corrected chi connectivity index (χ1v) is 10.0. The van der Waals surface area contributed by atoms with Crippen LogP contribution in [0.2, 0.25) is 0 Å². The van der Waals surface area contributed by atoms with Crippen LogP contribution in [0.5, 0.6) is 23.0 Å². The average Bonchev–Trinajstić information content (AvgIpc) is 2.76. The molecule has 0 heterocycles. The molecular weight excluding hydrogens is 392 g/mol. The van der Waals surface area contributed by atoms with Gasteiger partial charge in [-0.1, -0.05) is 17.7 Å². The van der Waals surface area contributed by atoms with Crippen molar-refractivity contribution in [3.05, 3.63) is 71.8 Å². The van der Waals surface area contributed by atoms with Gasteiger partial charge in [-0.3, -0.25) is 4.79 Å². The first kappa shape index (κ1) is 22.0. The Kier molecular flexibility index (Phi) is 7.03. The number of carbonyl (C=O) groups excluding carboxylic acids is 1. The minimum atomic E-state index is -0.456. The molecule has 6 heteroatoms. The molecular formula is C25H28N2O4. The Balaban J connectivity index is 1.71. The van der Waals surface area contributed by atoms with E-state index in [-0.39, 0.29) is 5.91 Å². The molecule has 0 radical (unpaired) electrons. The van der Waals surface area contributed by atoms with E-state index in [2.05, 4.69) is 10.6 Å². The highest BCUT2D eigenvalue weighted by molar-refractivity contribution is 5.96. The summed E-state index contributed by atoms with van der Waals surface area (Å²) in [6, 6.07) is 18.2. The maximum atomic E-state index is 12.7. The van der Waals surface area contributed by atoms with Gasteiger partial charge in [0, 0.05) is 17.4 Å². The van der Waals surface area contributed by atoms with Gasteiger partial charge < -0.3 is 24.8 Å². The molecule has 31 heavy (non-hydrogen) atoms. The number of amides is 1. The zero-order chi connectivity index (χ0) is 22.4. The summed E-state index contributed by atoms with van der Waals surface area (Å²) in [4.78, 5) is 12.7.